The Balaban J connectivity index is 1.60. The summed E-state index contributed by atoms with van der Waals surface area (Å²) in [5.74, 6) is 1.14. The van der Waals surface area contributed by atoms with Gasteiger partial charge >= 0.3 is 0 Å². The molecule has 9 heteroatoms. The van der Waals surface area contributed by atoms with Gasteiger partial charge in [0.1, 0.15) is 24.3 Å². The van der Waals surface area contributed by atoms with Crippen molar-refractivity contribution in [3.05, 3.63) is 35.9 Å². The highest BCUT2D eigenvalue weighted by Crippen LogP contribution is 2.31. The minimum Gasteiger partial charge on any atom is -0.345 e. The largest absolute Gasteiger partial charge is 0.345 e. The minimum atomic E-state index is -0.790. The van der Waals surface area contributed by atoms with Gasteiger partial charge in [0, 0.05) is 54.3 Å². The normalized spacial score (nSPS) is 23.9. The molecule has 0 bridgehead atoms. The van der Waals surface area contributed by atoms with E-state index in [1.807, 2.05) is 25.5 Å². The second-order valence-electron chi connectivity index (χ2n) is 7.56. The van der Waals surface area contributed by atoms with Crippen LogP contribution in [-0.4, -0.2) is 64.0 Å². The minimum absolute atomic E-state index is 0.00445. The SMILES string of the molecule is CC(CCn1cc(-c2cnn(C)c2)c2nc(Cl)ccc21)[N+]1(O)CCS(=O)CC1. The lowest BCUT2D eigenvalue weighted by molar-refractivity contribution is -1.12. The van der Waals surface area contributed by atoms with E-state index in [0.717, 1.165) is 35.1 Å². The number of nitrogens with zero attached hydrogens (tertiary/aromatic N) is 5. The first-order chi connectivity index (χ1) is 13.4. The molecule has 1 aliphatic rings. The van der Waals surface area contributed by atoms with Gasteiger partial charge in [-0.15, -0.1) is 0 Å². The number of aryl methyl sites for hydroxylation is 2. The van der Waals surface area contributed by atoms with Crippen LogP contribution in [0.4, 0.5) is 0 Å². The average Bonchev–Trinajstić information content (AvgIpc) is 3.25. The fourth-order valence-electron chi connectivity index (χ4n) is 3.84. The number of rotatable bonds is 5. The first-order valence-electron chi connectivity index (χ1n) is 9.44. The van der Waals surface area contributed by atoms with E-state index in [9.17, 15) is 9.42 Å². The van der Waals surface area contributed by atoms with Crippen molar-refractivity contribution in [2.45, 2.75) is 25.9 Å². The molecule has 1 aliphatic heterocycles. The Morgan fingerprint density at radius 3 is 2.75 bits per heavy atom. The van der Waals surface area contributed by atoms with Gasteiger partial charge < -0.3 is 4.57 Å². The predicted molar refractivity (Wildman–Crippen MR) is 111 cm³/mol. The van der Waals surface area contributed by atoms with Crippen LogP contribution in [0, 0.1) is 0 Å². The highest BCUT2D eigenvalue weighted by Gasteiger charge is 2.36. The average molecular weight is 423 g/mol. The van der Waals surface area contributed by atoms with Crippen LogP contribution in [0.25, 0.3) is 22.2 Å². The van der Waals surface area contributed by atoms with E-state index in [0.29, 0.717) is 29.7 Å². The summed E-state index contributed by atoms with van der Waals surface area (Å²) in [6.07, 6.45) is 6.69. The predicted octanol–water partition coefficient (Wildman–Crippen LogP) is 2.84. The second kappa shape index (κ2) is 7.59. The van der Waals surface area contributed by atoms with Crippen LogP contribution < -0.4 is 0 Å². The third kappa shape index (κ3) is 3.74. The van der Waals surface area contributed by atoms with Crippen molar-refractivity contribution in [3.8, 4) is 11.1 Å². The van der Waals surface area contributed by atoms with Gasteiger partial charge in [-0.1, -0.05) is 11.6 Å². The maximum absolute atomic E-state index is 11.6. The van der Waals surface area contributed by atoms with E-state index >= 15 is 0 Å². The Labute approximate surface area is 171 Å². The number of fused-ring (bicyclic) bond motifs is 1. The molecule has 28 heavy (non-hydrogen) atoms. The fourth-order valence-corrected chi connectivity index (χ4v) is 5.23. The molecule has 150 valence electrons. The lowest BCUT2D eigenvalue weighted by Gasteiger charge is -2.38. The van der Waals surface area contributed by atoms with Gasteiger partial charge in [-0.3, -0.25) is 8.89 Å². The zero-order valence-electron chi connectivity index (χ0n) is 16.1. The van der Waals surface area contributed by atoms with Crippen LogP contribution >= 0.6 is 11.6 Å². The van der Waals surface area contributed by atoms with Crippen LogP contribution in [0.5, 0.6) is 0 Å². The first kappa shape index (κ1) is 19.6. The summed E-state index contributed by atoms with van der Waals surface area (Å²) in [7, 11) is 1.10. The standard InChI is InChI=1S/C19H25ClN5O2S/c1-14(25(26)7-9-28(27)10-8-25)5-6-24-13-16(15-11-21-23(2)12-15)19-17(24)3-4-18(20)22-19/h3-4,11-14,26H,5-10H2,1-2H3/q+1. The quantitative estimate of drug-likeness (QED) is 0.507. The molecule has 0 aromatic carbocycles. The van der Waals surface area contributed by atoms with E-state index in [2.05, 4.69) is 27.8 Å². The molecule has 7 nitrogen and oxygen atoms in total. The van der Waals surface area contributed by atoms with Gasteiger partial charge in [0.25, 0.3) is 0 Å². The number of hydrogen-bond acceptors (Lipinski definition) is 4. The monoisotopic (exact) mass is 422 g/mol. The van der Waals surface area contributed by atoms with E-state index < -0.39 is 10.8 Å². The van der Waals surface area contributed by atoms with Gasteiger partial charge in [-0.05, 0) is 19.1 Å². The molecule has 3 aromatic rings. The molecule has 0 spiro atoms. The zero-order chi connectivity index (χ0) is 19.9. The third-order valence-electron chi connectivity index (χ3n) is 5.73. The maximum atomic E-state index is 11.6. The van der Waals surface area contributed by atoms with Gasteiger partial charge in [0.05, 0.1) is 28.7 Å². The Hall–Kier alpha value is -1.74. The van der Waals surface area contributed by atoms with Crippen molar-refractivity contribution < 1.29 is 14.1 Å². The van der Waals surface area contributed by atoms with E-state index in [1.54, 1.807) is 10.7 Å². The third-order valence-corrected chi connectivity index (χ3v) is 7.21. The van der Waals surface area contributed by atoms with Crippen molar-refractivity contribution in [1.29, 1.82) is 0 Å². The molecule has 0 saturated carbocycles. The van der Waals surface area contributed by atoms with E-state index in [1.165, 1.54) is 0 Å². The molecule has 1 unspecified atom stereocenters. The first-order valence-corrected chi connectivity index (χ1v) is 11.3. The molecule has 0 amide bonds. The van der Waals surface area contributed by atoms with Gasteiger partial charge in [-0.2, -0.15) is 9.75 Å². The highest BCUT2D eigenvalue weighted by molar-refractivity contribution is 7.85. The summed E-state index contributed by atoms with van der Waals surface area (Å²) < 4.78 is 15.6. The molecule has 4 heterocycles. The molecular formula is C19H25ClN5O2S+. The van der Waals surface area contributed by atoms with Crippen LogP contribution in [-0.2, 0) is 24.4 Å². The van der Waals surface area contributed by atoms with Crippen molar-refractivity contribution in [3.63, 3.8) is 0 Å². The molecule has 4 rings (SSSR count). The number of halogens is 1. The Kier molecular flexibility index (Phi) is 5.30. The van der Waals surface area contributed by atoms with Crippen molar-refractivity contribution in [2.75, 3.05) is 24.6 Å². The second-order valence-corrected chi connectivity index (χ2v) is 9.64. The molecule has 3 aromatic heterocycles. The summed E-state index contributed by atoms with van der Waals surface area (Å²) in [6.45, 7) is 3.93. The lowest BCUT2D eigenvalue weighted by atomic mass is 10.2. The Bertz CT molecular complexity index is 1020. The highest BCUT2D eigenvalue weighted by atomic mass is 35.5. The molecular weight excluding hydrogens is 398 g/mol. The number of hydroxylamine groups is 3. The van der Waals surface area contributed by atoms with E-state index in [4.69, 9.17) is 11.6 Å². The number of aromatic nitrogens is 4. The number of hydrogen-bond donors (Lipinski definition) is 1. The van der Waals surface area contributed by atoms with Crippen LogP contribution in [0.1, 0.15) is 13.3 Å². The lowest BCUT2D eigenvalue weighted by Crippen LogP contribution is -2.58. The maximum Gasteiger partial charge on any atom is 0.129 e. The van der Waals surface area contributed by atoms with Crippen LogP contribution in [0.3, 0.4) is 0 Å². The number of quaternary nitrogens is 1. The molecule has 1 fully saturated rings. The fraction of sp³-hybridized carbons (Fsp3) is 0.474. The molecule has 0 aliphatic carbocycles. The van der Waals surface area contributed by atoms with Crippen molar-refractivity contribution >= 4 is 33.4 Å². The molecule has 1 atom stereocenters. The Morgan fingerprint density at radius 1 is 1.32 bits per heavy atom. The van der Waals surface area contributed by atoms with Crippen LogP contribution in [0.15, 0.2) is 30.7 Å². The Morgan fingerprint density at radius 2 is 2.07 bits per heavy atom. The van der Waals surface area contributed by atoms with Crippen LogP contribution in [0.2, 0.25) is 5.15 Å². The summed E-state index contributed by atoms with van der Waals surface area (Å²) in [5, 5.41) is 15.7. The molecule has 1 N–H and O–H groups in total. The van der Waals surface area contributed by atoms with Gasteiger partial charge in [0.2, 0.25) is 0 Å². The topological polar surface area (TPSA) is 72.9 Å². The molecule has 0 radical (unpaired) electrons. The summed E-state index contributed by atoms with van der Waals surface area (Å²) in [5.41, 5.74) is 3.87. The molecule has 1 saturated heterocycles. The summed E-state index contributed by atoms with van der Waals surface area (Å²) in [6, 6.07) is 3.86. The van der Waals surface area contributed by atoms with Gasteiger partial charge in [0.15, 0.2) is 0 Å². The van der Waals surface area contributed by atoms with Gasteiger partial charge in [-0.25, -0.2) is 10.2 Å². The number of pyridine rings is 1. The zero-order valence-corrected chi connectivity index (χ0v) is 17.7. The van der Waals surface area contributed by atoms with Crippen molar-refractivity contribution in [2.24, 2.45) is 7.05 Å². The summed E-state index contributed by atoms with van der Waals surface area (Å²) in [4.78, 5) is 4.54. The summed E-state index contributed by atoms with van der Waals surface area (Å²) >= 11 is 6.15. The van der Waals surface area contributed by atoms with E-state index in [-0.39, 0.29) is 10.7 Å². The van der Waals surface area contributed by atoms with Crippen molar-refractivity contribution in [1.82, 2.24) is 19.3 Å². The smallest absolute Gasteiger partial charge is 0.129 e.